The zero-order valence-electron chi connectivity index (χ0n) is 11.0. The lowest BCUT2D eigenvalue weighted by molar-refractivity contribution is -0.00570. The van der Waals surface area contributed by atoms with Gasteiger partial charge in [-0.2, -0.15) is 0 Å². The van der Waals surface area contributed by atoms with Crippen LogP contribution in [-0.2, 0) is 4.74 Å². The molecule has 2 aromatic rings. The zero-order chi connectivity index (χ0) is 13.4. The minimum Gasteiger partial charge on any atom is -0.372 e. The monoisotopic (exact) mass is 321 g/mol. The van der Waals surface area contributed by atoms with E-state index in [2.05, 4.69) is 44.6 Å². The molecule has 0 N–H and O–H groups in total. The van der Waals surface area contributed by atoms with Crippen LogP contribution in [0.4, 0.5) is 5.95 Å². The topological polar surface area (TPSA) is 38.2 Å². The third-order valence-corrected chi connectivity index (χ3v) is 3.89. The highest BCUT2D eigenvalue weighted by atomic mass is 79.9. The van der Waals surface area contributed by atoms with Crippen LogP contribution in [0.25, 0.3) is 10.9 Å². The molecule has 0 spiro atoms. The standard InChI is InChI=1S/C14H16BrN3O/c1-9-7-18(8-10(2)19-9)14-16-6-11-4-3-5-12(15)13(11)17-14/h3-6,9-10H,7-8H2,1-2H3/t9-,10+. The van der Waals surface area contributed by atoms with Crippen molar-refractivity contribution >= 4 is 32.8 Å². The summed E-state index contributed by atoms with van der Waals surface area (Å²) in [5.41, 5.74) is 0.958. The molecule has 0 bridgehead atoms. The number of aromatic nitrogens is 2. The van der Waals surface area contributed by atoms with Gasteiger partial charge in [-0.1, -0.05) is 12.1 Å². The van der Waals surface area contributed by atoms with Crippen molar-refractivity contribution in [3.05, 3.63) is 28.9 Å². The van der Waals surface area contributed by atoms with Gasteiger partial charge in [0.05, 0.1) is 17.7 Å². The fraction of sp³-hybridized carbons (Fsp3) is 0.429. The molecule has 0 radical (unpaired) electrons. The first-order valence-electron chi connectivity index (χ1n) is 6.45. The molecule has 1 fully saturated rings. The molecule has 100 valence electrons. The van der Waals surface area contributed by atoms with Crippen molar-refractivity contribution in [1.82, 2.24) is 9.97 Å². The van der Waals surface area contributed by atoms with Crippen molar-refractivity contribution in [2.75, 3.05) is 18.0 Å². The summed E-state index contributed by atoms with van der Waals surface area (Å²) in [6.45, 7) is 5.83. The van der Waals surface area contributed by atoms with E-state index in [0.29, 0.717) is 0 Å². The van der Waals surface area contributed by atoms with Gasteiger partial charge < -0.3 is 9.64 Å². The Morgan fingerprint density at radius 1 is 1.26 bits per heavy atom. The summed E-state index contributed by atoms with van der Waals surface area (Å²) in [5.74, 6) is 0.779. The average Bonchev–Trinajstić information content (AvgIpc) is 2.38. The van der Waals surface area contributed by atoms with Crippen LogP contribution < -0.4 is 4.90 Å². The number of benzene rings is 1. The molecule has 5 heteroatoms. The second kappa shape index (κ2) is 5.06. The summed E-state index contributed by atoms with van der Waals surface area (Å²) >= 11 is 3.55. The first-order chi connectivity index (χ1) is 9.13. The largest absolute Gasteiger partial charge is 0.372 e. The smallest absolute Gasteiger partial charge is 0.226 e. The van der Waals surface area contributed by atoms with Gasteiger partial charge in [0.15, 0.2) is 0 Å². The molecule has 0 unspecified atom stereocenters. The Balaban J connectivity index is 1.98. The first-order valence-corrected chi connectivity index (χ1v) is 7.24. The highest BCUT2D eigenvalue weighted by Crippen LogP contribution is 2.24. The van der Waals surface area contributed by atoms with E-state index in [1.165, 1.54) is 0 Å². The van der Waals surface area contributed by atoms with Crippen molar-refractivity contribution in [2.45, 2.75) is 26.1 Å². The molecule has 2 atom stereocenters. The van der Waals surface area contributed by atoms with Crippen LogP contribution >= 0.6 is 15.9 Å². The molecule has 1 aromatic heterocycles. The van der Waals surface area contributed by atoms with Crippen LogP contribution in [0, 0.1) is 0 Å². The molecule has 1 saturated heterocycles. The lowest BCUT2D eigenvalue weighted by atomic mass is 10.2. The van der Waals surface area contributed by atoms with Gasteiger partial charge in [-0.05, 0) is 35.8 Å². The van der Waals surface area contributed by atoms with Crippen molar-refractivity contribution in [1.29, 1.82) is 0 Å². The van der Waals surface area contributed by atoms with E-state index in [4.69, 9.17) is 4.74 Å². The summed E-state index contributed by atoms with van der Waals surface area (Å²) in [5, 5.41) is 1.05. The van der Waals surface area contributed by atoms with Crippen LogP contribution in [0.15, 0.2) is 28.9 Å². The second-order valence-corrected chi connectivity index (χ2v) is 5.86. The molecule has 3 rings (SSSR count). The van der Waals surface area contributed by atoms with Gasteiger partial charge in [-0.25, -0.2) is 9.97 Å². The normalized spacial score (nSPS) is 23.8. The van der Waals surface area contributed by atoms with E-state index < -0.39 is 0 Å². The molecular formula is C14H16BrN3O. The summed E-state index contributed by atoms with van der Waals surface area (Å²) in [4.78, 5) is 11.4. The maximum Gasteiger partial charge on any atom is 0.226 e. The molecule has 0 amide bonds. The summed E-state index contributed by atoms with van der Waals surface area (Å²) in [7, 11) is 0. The van der Waals surface area contributed by atoms with Gasteiger partial charge in [0.2, 0.25) is 5.95 Å². The van der Waals surface area contributed by atoms with E-state index in [0.717, 1.165) is 34.4 Å². The van der Waals surface area contributed by atoms with Gasteiger partial charge in [0, 0.05) is 29.1 Å². The lowest BCUT2D eigenvalue weighted by Crippen LogP contribution is -2.46. The van der Waals surface area contributed by atoms with Crippen molar-refractivity contribution in [3.63, 3.8) is 0 Å². The zero-order valence-corrected chi connectivity index (χ0v) is 12.6. The fourth-order valence-corrected chi connectivity index (χ4v) is 2.97. The van der Waals surface area contributed by atoms with E-state index in [1.807, 2.05) is 24.4 Å². The summed E-state index contributed by atoms with van der Waals surface area (Å²) in [6, 6.07) is 6.02. The van der Waals surface area contributed by atoms with E-state index in [1.54, 1.807) is 0 Å². The van der Waals surface area contributed by atoms with Crippen LogP contribution in [0.5, 0.6) is 0 Å². The number of ether oxygens (including phenoxy) is 1. The Morgan fingerprint density at radius 2 is 2.00 bits per heavy atom. The second-order valence-electron chi connectivity index (χ2n) is 5.01. The van der Waals surface area contributed by atoms with Gasteiger partial charge >= 0.3 is 0 Å². The molecular weight excluding hydrogens is 306 g/mol. The van der Waals surface area contributed by atoms with Crippen LogP contribution in [0.2, 0.25) is 0 Å². The SMILES string of the molecule is C[C@@H]1CN(c2ncc3cccc(Br)c3n2)C[C@H](C)O1. The predicted molar refractivity (Wildman–Crippen MR) is 79.5 cm³/mol. The Morgan fingerprint density at radius 3 is 2.74 bits per heavy atom. The number of rotatable bonds is 1. The molecule has 19 heavy (non-hydrogen) atoms. The van der Waals surface area contributed by atoms with Crippen LogP contribution in [0.1, 0.15) is 13.8 Å². The van der Waals surface area contributed by atoms with Crippen LogP contribution in [-0.4, -0.2) is 35.3 Å². The lowest BCUT2D eigenvalue weighted by Gasteiger charge is -2.35. The molecule has 0 saturated carbocycles. The Kier molecular flexibility index (Phi) is 3.41. The molecule has 2 heterocycles. The quantitative estimate of drug-likeness (QED) is 0.809. The number of halogens is 1. The summed E-state index contributed by atoms with van der Waals surface area (Å²) in [6.07, 6.45) is 2.30. The van der Waals surface area contributed by atoms with E-state index in [-0.39, 0.29) is 12.2 Å². The van der Waals surface area contributed by atoms with Crippen molar-refractivity contribution in [3.8, 4) is 0 Å². The molecule has 0 aliphatic carbocycles. The number of hydrogen-bond donors (Lipinski definition) is 0. The fourth-order valence-electron chi connectivity index (χ4n) is 2.50. The Bertz CT molecular complexity index is 594. The van der Waals surface area contributed by atoms with Crippen LogP contribution in [0.3, 0.4) is 0 Å². The first kappa shape index (κ1) is 12.8. The number of hydrogen-bond acceptors (Lipinski definition) is 4. The van der Waals surface area contributed by atoms with Gasteiger partial charge in [-0.15, -0.1) is 0 Å². The third-order valence-electron chi connectivity index (χ3n) is 3.25. The number of morpholine rings is 1. The molecule has 1 aromatic carbocycles. The number of anilines is 1. The van der Waals surface area contributed by atoms with E-state index >= 15 is 0 Å². The Labute approximate surface area is 120 Å². The highest BCUT2D eigenvalue weighted by Gasteiger charge is 2.24. The Hall–Kier alpha value is -1.20. The van der Waals surface area contributed by atoms with Gasteiger partial charge in [0.1, 0.15) is 0 Å². The number of nitrogens with zero attached hydrogens (tertiary/aromatic N) is 3. The molecule has 1 aliphatic heterocycles. The van der Waals surface area contributed by atoms with Gasteiger partial charge in [-0.3, -0.25) is 0 Å². The summed E-state index contributed by atoms with van der Waals surface area (Å²) < 4.78 is 6.75. The van der Waals surface area contributed by atoms with Crippen molar-refractivity contribution < 1.29 is 4.74 Å². The third kappa shape index (κ3) is 2.58. The maximum atomic E-state index is 5.74. The number of fused-ring (bicyclic) bond motifs is 1. The number of para-hydroxylation sites is 1. The van der Waals surface area contributed by atoms with E-state index in [9.17, 15) is 0 Å². The van der Waals surface area contributed by atoms with Gasteiger partial charge in [0.25, 0.3) is 0 Å². The van der Waals surface area contributed by atoms with Crippen molar-refractivity contribution in [2.24, 2.45) is 0 Å². The highest BCUT2D eigenvalue weighted by molar-refractivity contribution is 9.10. The predicted octanol–water partition coefficient (Wildman–Crippen LogP) is 3.01. The minimum atomic E-state index is 0.210. The minimum absolute atomic E-state index is 0.210. The average molecular weight is 322 g/mol. The molecule has 1 aliphatic rings. The maximum absolute atomic E-state index is 5.74. The molecule has 4 nitrogen and oxygen atoms in total.